The fourth-order valence-electron chi connectivity index (χ4n) is 2.69. The molecule has 84 valence electrons. The monoisotopic (exact) mass is 209 g/mol. The Morgan fingerprint density at radius 1 is 0.800 bits per heavy atom. The van der Waals surface area contributed by atoms with Gasteiger partial charge in [0, 0.05) is 18.9 Å². The Labute approximate surface area is 90.8 Å². The predicted octanol–water partition coefficient (Wildman–Crippen LogP) is 2.25. The van der Waals surface area contributed by atoms with Gasteiger partial charge in [0.15, 0.2) is 0 Å². The van der Waals surface area contributed by atoms with Crippen LogP contribution in [0.3, 0.4) is 0 Å². The van der Waals surface area contributed by atoms with Crippen LogP contribution in [0.2, 0.25) is 0 Å². The number of hydrogen-bond acceptors (Lipinski definition) is 2. The van der Waals surface area contributed by atoms with E-state index in [4.69, 9.17) is 0 Å². The van der Waals surface area contributed by atoms with Crippen LogP contribution in [-0.4, -0.2) is 22.8 Å². The van der Waals surface area contributed by atoms with E-state index >= 15 is 0 Å². The molecule has 1 aliphatic carbocycles. The van der Waals surface area contributed by atoms with E-state index in [0.29, 0.717) is 12.8 Å². The second kappa shape index (κ2) is 4.77. The van der Waals surface area contributed by atoms with Crippen molar-refractivity contribution in [3.63, 3.8) is 0 Å². The van der Waals surface area contributed by atoms with Gasteiger partial charge in [-0.1, -0.05) is 25.7 Å². The van der Waals surface area contributed by atoms with Crippen molar-refractivity contribution in [2.75, 3.05) is 0 Å². The zero-order chi connectivity index (χ0) is 10.7. The number of rotatable bonds is 1. The Morgan fingerprint density at radius 3 is 1.87 bits per heavy atom. The molecule has 3 heteroatoms. The van der Waals surface area contributed by atoms with Gasteiger partial charge in [0.2, 0.25) is 11.8 Å². The van der Waals surface area contributed by atoms with Crippen LogP contribution in [0.5, 0.6) is 0 Å². The number of carbonyl (C=O) groups is 2. The van der Waals surface area contributed by atoms with Gasteiger partial charge in [-0.15, -0.1) is 0 Å². The van der Waals surface area contributed by atoms with E-state index in [9.17, 15) is 9.59 Å². The van der Waals surface area contributed by atoms with Crippen molar-refractivity contribution in [1.29, 1.82) is 0 Å². The molecule has 0 unspecified atom stereocenters. The smallest absolute Gasteiger partial charge is 0.229 e. The molecule has 0 radical (unpaired) electrons. The topological polar surface area (TPSA) is 37.4 Å². The Hall–Kier alpha value is -0.860. The summed E-state index contributed by atoms with van der Waals surface area (Å²) < 4.78 is 0. The van der Waals surface area contributed by atoms with Gasteiger partial charge in [-0.2, -0.15) is 0 Å². The maximum atomic E-state index is 11.7. The lowest BCUT2D eigenvalue weighted by molar-refractivity contribution is -0.151. The summed E-state index contributed by atoms with van der Waals surface area (Å²) in [5.74, 6) is 0.135. The summed E-state index contributed by atoms with van der Waals surface area (Å²) in [6, 6.07) is 0.216. The van der Waals surface area contributed by atoms with Crippen LogP contribution in [0, 0.1) is 0 Å². The molecule has 0 aromatic rings. The molecule has 0 aromatic heterocycles. The molecule has 0 bridgehead atoms. The van der Waals surface area contributed by atoms with Crippen molar-refractivity contribution in [3.8, 4) is 0 Å². The zero-order valence-electron chi connectivity index (χ0n) is 9.21. The van der Waals surface area contributed by atoms with E-state index in [1.807, 2.05) is 0 Å². The number of likely N-dealkylation sites (tertiary alicyclic amines) is 1. The summed E-state index contributed by atoms with van der Waals surface area (Å²) in [4.78, 5) is 25.0. The molecule has 0 spiro atoms. The number of amides is 2. The third-order valence-corrected chi connectivity index (χ3v) is 3.51. The summed E-state index contributed by atoms with van der Waals surface area (Å²) in [6.07, 6.45) is 8.79. The van der Waals surface area contributed by atoms with Gasteiger partial charge in [0.05, 0.1) is 0 Å². The predicted molar refractivity (Wildman–Crippen MR) is 57.2 cm³/mol. The van der Waals surface area contributed by atoms with Crippen molar-refractivity contribution < 1.29 is 9.59 Å². The van der Waals surface area contributed by atoms with Crippen molar-refractivity contribution in [2.24, 2.45) is 0 Å². The molecule has 2 rings (SSSR count). The Balaban J connectivity index is 2.05. The highest BCUT2D eigenvalue weighted by molar-refractivity contribution is 5.97. The first-order valence-electron chi connectivity index (χ1n) is 6.14. The zero-order valence-corrected chi connectivity index (χ0v) is 9.21. The maximum absolute atomic E-state index is 11.7. The van der Waals surface area contributed by atoms with Gasteiger partial charge in [0.1, 0.15) is 0 Å². The molecule has 2 fully saturated rings. The highest BCUT2D eigenvalue weighted by Gasteiger charge is 2.32. The van der Waals surface area contributed by atoms with Crippen LogP contribution in [0.25, 0.3) is 0 Å². The quantitative estimate of drug-likeness (QED) is 0.490. The van der Waals surface area contributed by atoms with E-state index in [1.54, 1.807) is 4.90 Å². The fraction of sp³-hybridized carbons (Fsp3) is 0.833. The lowest BCUT2D eigenvalue weighted by Gasteiger charge is -2.32. The second-order valence-electron chi connectivity index (χ2n) is 4.66. The van der Waals surface area contributed by atoms with Gasteiger partial charge in [-0.3, -0.25) is 14.5 Å². The first-order valence-corrected chi connectivity index (χ1v) is 6.14. The van der Waals surface area contributed by atoms with Crippen LogP contribution >= 0.6 is 0 Å². The minimum Gasteiger partial charge on any atom is -0.280 e. The van der Waals surface area contributed by atoms with Crippen LogP contribution in [0.1, 0.15) is 57.8 Å². The summed E-state index contributed by atoms with van der Waals surface area (Å²) in [5.41, 5.74) is 0. The Bertz CT molecular complexity index is 238. The van der Waals surface area contributed by atoms with Gasteiger partial charge >= 0.3 is 0 Å². The molecular formula is C12H19NO2. The molecule has 1 saturated heterocycles. The van der Waals surface area contributed by atoms with E-state index in [-0.39, 0.29) is 17.9 Å². The SMILES string of the molecule is O=C1CCCC(=O)N1C1CCCCCC1. The standard InChI is InChI=1S/C12H19NO2/c14-11-8-5-9-12(15)13(11)10-6-3-1-2-4-7-10/h10H,1-9H2. The molecule has 0 atom stereocenters. The first kappa shape index (κ1) is 10.7. The molecule has 2 amide bonds. The molecule has 3 nitrogen and oxygen atoms in total. The molecule has 1 heterocycles. The van der Waals surface area contributed by atoms with E-state index in [2.05, 4.69) is 0 Å². The maximum Gasteiger partial charge on any atom is 0.229 e. The van der Waals surface area contributed by atoms with E-state index in [0.717, 1.165) is 19.3 Å². The number of imide groups is 1. The van der Waals surface area contributed by atoms with Crippen LogP contribution < -0.4 is 0 Å². The van der Waals surface area contributed by atoms with Gasteiger partial charge in [-0.25, -0.2) is 0 Å². The van der Waals surface area contributed by atoms with Crippen molar-refractivity contribution in [1.82, 2.24) is 4.90 Å². The third kappa shape index (κ3) is 2.39. The van der Waals surface area contributed by atoms with Crippen molar-refractivity contribution in [3.05, 3.63) is 0 Å². The molecule has 0 N–H and O–H groups in total. The Morgan fingerprint density at radius 2 is 1.33 bits per heavy atom. The minimum absolute atomic E-state index is 0.0677. The summed E-state index contributed by atoms with van der Waals surface area (Å²) in [6.45, 7) is 0. The van der Waals surface area contributed by atoms with Gasteiger partial charge < -0.3 is 0 Å². The second-order valence-corrected chi connectivity index (χ2v) is 4.66. The molecule has 2 aliphatic rings. The molecular weight excluding hydrogens is 190 g/mol. The van der Waals surface area contributed by atoms with Crippen LogP contribution in [0.4, 0.5) is 0 Å². The average molecular weight is 209 g/mol. The largest absolute Gasteiger partial charge is 0.280 e. The summed E-state index contributed by atoms with van der Waals surface area (Å²) in [7, 11) is 0. The highest BCUT2D eigenvalue weighted by Crippen LogP contribution is 2.25. The summed E-state index contributed by atoms with van der Waals surface area (Å²) >= 11 is 0. The average Bonchev–Trinajstić information content (AvgIpc) is 2.46. The van der Waals surface area contributed by atoms with E-state index < -0.39 is 0 Å². The molecule has 0 aromatic carbocycles. The van der Waals surface area contributed by atoms with Gasteiger partial charge in [0.25, 0.3) is 0 Å². The summed E-state index contributed by atoms with van der Waals surface area (Å²) in [5, 5.41) is 0. The third-order valence-electron chi connectivity index (χ3n) is 3.51. The Kier molecular flexibility index (Phi) is 3.39. The molecule has 1 aliphatic heterocycles. The fourth-order valence-corrected chi connectivity index (χ4v) is 2.69. The normalized spacial score (nSPS) is 25.5. The van der Waals surface area contributed by atoms with E-state index in [1.165, 1.54) is 25.7 Å². The molecule has 1 saturated carbocycles. The number of nitrogens with zero attached hydrogens (tertiary/aromatic N) is 1. The lowest BCUT2D eigenvalue weighted by Crippen LogP contribution is -2.46. The lowest BCUT2D eigenvalue weighted by atomic mass is 10.0. The van der Waals surface area contributed by atoms with Crippen molar-refractivity contribution in [2.45, 2.75) is 63.8 Å². The minimum atomic E-state index is 0.0677. The van der Waals surface area contributed by atoms with Gasteiger partial charge in [-0.05, 0) is 19.3 Å². The number of carbonyl (C=O) groups excluding carboxylic acids is 2. The highest BCUT2D eigenvalue weighted by atomic mass is 16.2. The van der Waals surface area contributed by atoms with Crippen LogP contribution in [-0.2, 0) is 9.59 Å². The number of piperidine rings is 1. The first-order chi connectivity index (χ1) is 7.29. The van der Waals surface area contributed by atoms with Crippen LogP contribution in [0.15, 0.2) is 0 Å². The molecule has 15 heavy (non-hydrogen) atoms. The number of hydrogen-bond donors (Lipinski definition) is 0. The van der Waals surface area contributed by atoms with Crippen molar-refractivity contribution >= 4 is 11.8 Å².